The number of hydrogen-bond donors (Lipinski definition) is 2. The summed E-state index contributed by atoms with van der Waals surface area (Å²) in [7, 11) is 0. The smallest absolute Gasteiger partial charge is 0.479 e. The van der Waals surface area contributed by atoms with E-state index in [1.807, 2.05) is 0 Å². The van der Waals surface area contributed by atoms with Crippen LogP contribution < -0.4 is 5.73 Å². The van der Waals surface area contributed by atoms with Crippen LogP contribution in [-0.2, 0) is 35.1 Å². The molecular weight excluding hydrogens is 516 g/mol. The van der Waals surface area contributed by atoms with Crippen molar-refractivity contribution in [1.29, 1.82) is 0 Å². The Labute approximate surface area is 225 Å². The van der Waals surface area contributed by atoms with E-state index >= 15 is 4.39 Å². The number of alkyl halides is 1. The van der Waals surface area contributed by atoms with Crippen LogP contribution in [0.2, 0.25) is 0 Å². The molecule has 214 valence electrons. The van der Waals surface area contributed by atoms with E-state index in [-0.39, 0.29) is 30.0 Å². The van der Waals surface area contributed by atoms with Gasteiger partial charge in [-0.3, -0.25) is 0 Å². The molecule has 0 spiro atoms. The minimum absolute atomic E-state index is 0.0711. The van der Waals surface area contributed by atoms with Crippen molar-refractivity contribution in [2.24, 2.45) is 34.3 Å². The lowest BCUT2D eigenvalue weighted by Gasteiger charge is -2.41. The van der Waals surface area contributed by atoms with Gasteiger partial charge in [-0.05, 0) is 49.3 Å². The molecule has 0 aliphatic heterocycles. The maximum absolute atomic E-state index is 15.2. The molecule has 5 rings (SSSR count). The van der Waals surface area contributed by atoms with Crippen molar-refractivity contribution >= 4 is 18.1 Å². The summed E-state index contributed by atoms with van der Waals surface area (Å²) in [5, 5.41) is 9.45. The zero-order chi connectivity index (χ0) is 28.5. The van der Waals surface area contributed by atoms with Crippen LogP contribution in [0.1, 0.15) is 58.9 Å². The summed E-state index contributed by atoms with van der Waals surface area (Å²) < 4.78 is 50.5. The minimum Gasteiger partial charge on any atom is -0.479 e. The third-order valence-corrected chi connectivity index (χ3v) is 9.73. The van der Waals surface area contributed by atoms with E-state index in [2.05, 4.69) is 20.8 Å². The standard InChI is InChI=1S/C28H35F2NO8/c1-14(38-24(35)39-21-25(2,3)16-9-10-26(21,4)12-16)37-23(34)28(31)19(11-18-20(28)27(18,30)22(32)33)36-13-15-5-7-17(29)8-6-15/h5-8,14,16,18-21H,9-13,31H2,1-4H3,(H,32,33)/t14?,16-,18?,19+,20-,21-,26+,27+,28-/m0/s1. The van der Waals surface area contributed by atoms with Crippen LogP contribution in [0, 0.1) is 34.4 Å². The molecule has 2 bridgehead atoms. The van der Waals surface area contributed by atoms with Gasteiger partial charge in [0.1, 0.15) is 17.5 Å². The maximum Gasteiger partial charge on any atom is 0.511 e. The van der Waals surface area contributed by atoms with Crippen molar-refractivity contribution in [2.75, 3.05) is 0 Å². The Kier molecular flexibility index (Phi) is 6.49. The fourth-order valence-corrected chi connectivity index (χ4v) is 7.66. The summed E-state index contributed by atoms with van der Waals surface area (Å²) in [6.07, 6.45) is -1.05. The highest BCUT2D eigenvalue weighted by atomic mass is 19.1. The fraction of sp³-hybridized carbons (Fsp3) is 0.679. The summed E-state index contributed by atoms with van der Waals surface area (Å²) in [6, 6.07) is 5.44. The lowest BCUT2D eigenvalue weighted by atomic mass is 9.70. The van der Waals surface area contributed by atoms with Crippen molar-refractivity contribution in [3.63, 3.8) is 0 Å². The lowest BCUT2D eigenvalue weighted by Crippen LogP contribution is -2.61. The van der Waals surface area contributed by atoms with Crippen LogP contribution >= 0.6 is 0 Å². The summed E-state index contributed by atoms with van der Waals surface area (Å²) in [5.41, 5.74) is 1.74. The second-order valence-corrected chi connectivity index (χ2v) is 12.5. The van der Waals surface area contributed by atoms with Crippen molar-refractivity contribution in [1.82, 2.24) is 0 Å². The third kappa shape index (κ3) is 4.28. The van der Waals surface area contributed by atoms with Crippen molar-refractivity contribution in [3.05, 3.63) is 35.6 Å². The highest BCUT2D eigenvalue weighted by Crippen LogP contribution is 2.67. The topological polar surface area (TPSA) is 134 Å². The van der Waals surface area contributed by atoms with Gasteiger partial charge in [0.05, 0.1) is 12.7 Å². The Hall–Kier alpha value is -2.79. The van der Waals surface area contributed by atoms with E-state index in [4.69, 9.17) is 24.7 Å². The molecule has 1 aromatic rings. The number of ether oxygens (including phenoxy) is 4. The Morgan fingerprint density at radius 1 is 1.15 bits per heavy atom. The van der Waals surface area contributed by atoms with Gasteiger partial charge in [-0.1, -0.05) is 32.9 Å². The zero-order valence-corrected chi connectivity index (χ0v) is 22.4. The Morgan fingerprint density at radius 3 is 2.41 bits per heavy atom. The van der Waals surface area contributed by atoms with Crippen LogP contribution in [0.3, 0.4) is 0 Å². The van der Waals surface area contributed by atoms with Gasteiger partial charge < -0.3 is 29.8 Å². The van der Waals surface area contributed by atoms with E-state index in [1.165, 1.54) is 31.2 Å². The highest BCUT2D eigenvalue weighted by Gasteiger charge is 2.85. The average molecular weight is 552 g/mol. The van der Waals surface area contributed by atoms with Crippen molar-refractivity contribution < 1.29 is 47.2 Å². The molecule has 4 saturated carbocycles. The normalized spacial score (nSPS) is 40.0. The third-order valence-electron chi connectivity index (χ3n) is 9.73. The van der Waals surface area contributed by atoms with Crippen molar-refractivity contribution in [2.45, 2.75) is 89.7 Å². The number of esters is 1. The first kappa shape index (κ1) is 27.8. The Morgan fingerprint density at radius 2 is 1.82 bits per heavy atom. The van der Waals surface area contributed by atoms with Gasteiger partial charge in [0.15, 0.2) is 0 Å². The number of nitrogens with two attached hydrogens (primary N) is 1. The van der Waals surface area contributed by atoms with E-state index in [0.29, 0.717) is 11.5 Å². The second kappa shape index (κ2) is 9.12. The number of halogens is 2. The monoisotopic (exact) mass is 551 g/mol. The predicted molar refractivity (Wildman–Crippen MR) is 131 cm³/mol. The summed E-state index contributed by atoms with van der Waals surface area (Å²) in [4.78, 5) is 37.6. The quantitative estimate of drug-likeness (QED) is 0.362. The van der Waals surface area contributed by atoms with Gasteiger partial charge in [0.2, 0.25) is 12.0 Å². The zero-order valence-electron chi connectivity index (χ0n) is 22.4. The number of fused-ring (bicyclic) bond motifs is 3. The van der Waals surface area contributed by atoms with Gasteiger partial charge in [-0.25, -0.2) is 23.2 Å². The number of aliphatic carboxylic acids is 1. The van der Waals surface area contributed by atoms with Gasteiger partial charge in [-0.2, -0.15) is 0 Å². The van der Waals surface area contributed by atoms with Gasteiger partial charge in [-0.15, -0.1) is 0 Å². The largest absolute Gasteiger partial charge is 0.511 e. The van der Waals surface area contributed by atoms with Crippen LogP contribution in [0.5, 0.6) is 0 Å². The highest BCUT2D eigenvalue weighted by molar-refractivity contribution is 5.91. The van der Waals surface area contributed by atoms with Crippen LogP contribution in [0.15, 0.2) is 24.3 Å². The summed E-state index contributed by atoms with van der Waals surface area (Å²) in [6.45, 7) is 7.43. The predicted octanol–water partition coefficient (Wildman–Crippen LogP) is 4.11. The number of carboxylic acids is 1. The SMILES string of the molecule is CC(OC(=O)O[C@H]1C(C)(C)[C@H]2CC[C@]1(C)C2)OC(=O)[C@@]1(N)[C@H]2C(C[C@H]1OCc1ccc(F)cc1)[C@]2(F)C(=O)O. The molecule has 0 saturated heterocycles. The molecule has 4 aliphatic carbocycles. The molecule has 11 heteroatoms. The molecule has 9 nitrogen and oxygen atoms in total. The summed E-state index contributed by atoms with van der Waals surface area (Å²) >= 11 is 0. The molecule has 2 unspecified atom stereocenters. The lowest BCUT2D eigenvalue weighted by molar-refractivity contribution is -0.185. The van der Waals surface area contributed by atoms with Crippen LogP contribution in [-0.4, -0.2) is 52.9 Å². The van der Waals surface area contributed by atoms with E-state index in [1.54, 1.807) is 0 Å². The first-order chi connectivity index (χ1) is 18.1. The molecule has 39 heavy (non-hydrogen) atoms. The van der Waals surface area contributed by atoms with Gasteiger partial charge in [0, 0.05) is 29.6 Å². The number of benzene rings is 1. The first-order valence-electron chi connectivity index (χ1n) is 13.3. The Balaban J connectivity index is 1.25. The molecule has 0 heterocycles. The van der Waals surface area contributed by atoms with Crippen LogP contribution in [0.25, 0.3) is 0 Å². The molecule has 0 aromatic heterocycles. The Bertz CT molecular complexity index is 1170. The molecule has 4 fully saturated rings. The van der Waals surface area contributed by atoms with Crippen LogP contribution in [0.4, 0.5) is 13.6 Å². The first-order valence-corrected chi connectivity index (χ1v) is 13.3. The molecule has 1 aromatic carbocycles. The van der Waals surface area contributed by atoms with Crippen molar-refractivity contribution in [3.8, 4) is 0 Å². The number of carboxylic acid groups (broad SMARTS) is 1. The molecule has 4 aliphatic rings. The molecular formula is C28H35F2NO8. The van der Waals surface area contributed by atoms with E-state index in [0.717, 1.165) is 19.3 Å². The number of carbonyl (C=O) groups is 3. The maximum atomic E-state index is 15.2. The second-order valence-electron chi connectivity index (χ2n) is 12.5. The number of carbonyl (C=O) groups excluding carboxylic acids is 2. The number of hydrogen-bond acceptors (Lipinski definition) is 8. The number of rotatable bonds is 8. The van der Waals surface area contributed by atoms with E-state index in [9.17, 15) is 23.9 Å². The summed E-state index contributed by atoms with van der Waals surface area (Å²) in [5.74, 6) is -5.30. The fourth-order valence-electron chi connectivity index (χ4n) is 7.66. The molecule has 3 N–H and O–H groups in total. The van der Waals surface area contributed by atoms with Gasteiger partial charge >= 0.3 is 18.1 Å². The minimum atomic E-state index is -2.70. The molecule has 0 radical (unpaired) electrons. The van der Waals surface area contributed by atoms with E-state index < -0.39 is 59.3 Å². The van der Waals surface area contributed by atoms with Gasteiger partial charge in [0.25, 0.3) is 0 Å². The molecule has 9 atom stereocenters. The average Bonchev–Trinajstić information content (AvgIpc) is 3.08. The molecule has 0 amide bonds.